The first-order valence-electron chi connectivity index (χ1n) is 26.1. The molecular formula is C66H38B2N6O2. The predicted octanol–water partition coefficient (Wildman–Crippen LogP) is 14.9. The molecule has 0 bridgehead atoms. The van der Waals surface area contributed by atoms with Crippen molar-refractivity contribution in [1.82, 2.24) is 13.2 Å². The molecule has 10 aromatic carbocycles. The number of rotatable bonds is 2. The average Bonchev–Trinajstić information content (AvgIpc) is 4.48. The molecule has 0 aliphatic carbocycles. The van der Waals surface area contributed by atoms with Gasteiger partial charge in [-0.3, -0.25) is 13.2 Å². The molecule has 0 fully saturated rings. The minimum absolute atomic E-state index is 0.0929. The van der Waals surface area contributed by atoms with Crippen molar-refractivity contribution in [1.29, 1.82) is 0 Å². The van der Waals surface area contributed by atoms with Gasteiger partial charge in [-0.2, -0.15) is 0 Å². The van der Waals surface area contributed by atoms with Gasteiger partial charge in [-0.1, -0.05) is 133 Å². The van der Waals surface area contributed by atoms with Crippen molar-refractivity contribution in [2.75, 3.05) is 14.4 Å². The lowest BCUT2D eigenvalue weighted by atomic mass is 9.59. The molecule has 8 nitrogen and oxygen atoms in total. The maximum absolute atomic E-state index is 7.22. The monoisotopic (exact) mass is 968 g/mol. The third kappa shape index (κ3) is 4.88. The van der Waals surface area contributed by atoms with Gasteiger partial charge in [-0.25, -0.2) is 0 Å². The number of ether oxygens (including phenoxy) is 1. The van der Waals surface area contributed by atoms with Crippen molar-refractivity contribution < 1.29 is 9.39 Å². The highest BCUT2D eigenvalue weighted by Gasteiger charge is 2.51. The molecule has 19 rings (SSSR count). The Morgan fingerprint density at radius 2 is 0.868 bits per heavy atom. The van der Waals surface area contributed by atoms with Gasteiger partial charge in [0, 0.05) is 38.7 Å². The Bertz CT molecular complexity index is 4970. The van der Waals surface area contributed by atoms with Crippen LogP contribution in [0.2, 0.25) is 0 Å². The van der Waals surface area contributed by atoms with Gasteiger partial charge in [0.1, 0.15) is 28.4 Å². The lowest BCUT2D eigenvalue weighted by molar-refractivity contribution is 0.479. The number of hydrogen-bond acceptors (Lipinski definition) is 5. The van der Waals surface area contributed by atoms with Gasteiger partial charge in [0.05, 0.1) is 39.3 Å². The normalized spacial score (nSPS) is 14.1. The number of hydrogen-bond donors (Lipinski definition) is 0. The third-order valence-corrected chi connectivity index (χ3v) is 17.1. The molecular weight excluding hydrogens is 930 g/mol. The van der Waals surface area contributed by atoms with Crippen molar-refractivity contribution in [3.63, 3.8) is 0 Å². The fraction of sp³-hybridized carbons (Fsp3) is 0. The van der Waals surface area contributed by atoms with Gasteiger partial charge >= 0.3 is 14.0 Å². The van der Waals surface area contributed by atoms with Gasteiger partial charge in [0.2, 0.25) is 0 Å². The second kappa shape index (κ2) is 14.0. The molecule has 9 heterocycles. The summed E-state index contributed by atoms with van der Waals surface area (Å²) in [6.45, 7) is -0.0929. The summed E-state index contributed by atoms with van der Waals surface area (Å²) >= 11 is 0. The quantitative estimate of drug-likeness (QED) is 0.162. The van der Waals surface area contributed by atoms with Crippen molar-refractivity contribution in [3.8, 4) is 61.8 Å². The zero-order chi connectivity index (χ0) is 49.1. The largest absolute Gasteiger partial charge is 0.536 e. The second-order valence-corrected chi connectivity index (χ2v) is 20.8. The first kappa shape index (κ1) is 39.5. The van der Waals surface area contributed by atoms with Crippen LogP contribution in [0.1, 0.15) is 0 Å². The van der Waals surface area contributed by atoms with E-state index < -0.39 is 0 Å². The molecule has 350 valence electrons. The predicted molar refractivity (Wildman–Crippen MR) is 311 cm³/mol. The number of para-hydroxylation sites is 6. The lowest BCUT2D eigenvalue weighted by Crippen LogP contribution is -2.55. The standard InChI is InChI=1S/C66H38B2N6O2/c1-8-21-52-42(15-1)35-64-69(52)63-34-41-14-2-9-22-53(41)70(63)65-36-43-32-39(28-30-54(43)71(64)65)47-37-59-62(76-68-51-20-7-4-16-44(51)46-18-5-10-23-55(46)73(59)68)38-48(47)40-29-31-56-49(33-40)45-17-3-6-19-50(45)67-72(56)58-25-13-27-61-66(58)74(67)57-24-11-12-26-60(57)75-61/h1-38H. The van der Waals surface area contributed by atoms with Crippen LogP contribution in [0, 0.1) is 0 Å². The summed E-state index contributed by atoms with van der Waals surface area (Å²) in [6.07, 6.45) is 0. The van der Waals surface area contributed by atoms with Crippen LogP contribution in [-0.2, 0) is 0 Å². The van der Waals surface area contributed by atoms with E-state index in [1.165, 1.54) is 49.5 Å². The van der Waals surface area contributed by atoms with Crippen molar-refractivity contribution >= 4 is 109 Å². The molecule has 76 heavy (non-hydrogen) atoms. The minimum Gasteiger partial charge on any atom is -0.536 e. The fourth-order valence-corrected chi connectivity index (χ4v) is 14.0. The SMILES string of the molecule is c1ccc2c(c1)Oc1cccc3c1N2B1c2ccccc2-c2cc(-c4cc5c(cc4-c4ccc6c(c4)cc4n7c8ccccc8cc7n7c8ccccc8cc7n64)N4B(O5)c5ccccc5-c5ccccc54)ccc2N13. The van der Waals surface area contributed by atoms with Gasteiger partial charge in [0.15, 0.2) is 5.75 Å². The van der Waals surface area contributed by atoms with Gasteiger partial charge in [0.25, 0.3) is 0 Å². The van der Waals surface area contributed by atoms with Gasteiger partial charge in [-0.15, -0.1) is 0 Å². The average molecular weight is 969 g/mol. The molecule has 5 aliphatic heterocycles. The zero-order valence-corrected chi connectivity index (χ0v) is 40.6. The number of anilines is 6. The molecule has 0 radical (unpaired) electrons. The van der Waals surface area contributed by atoms with Crippen LogP contribution in [-0.4, -0.2) is 27.2 Å². The highest BCUT2D eigenvalue weighted by atomic mass is 16.5. The summed E-state index contributed by atoms with van der Waals surface area (Å²) in [5, 5.41) is 3.59. The third-order valence-electron chi connectivity index (χ3n) is 17.1. The highest BCUT2D eigenvalue weighted by Crippen LogP contribution is 2.60. The molecule has 0 spiro atoms. The number of nitrogens with zero attached hydrogens (tertiary/aromatic N) is 6. The van der Waals surface area contributed by atoms with E-state index in [1.807, 2.05) is 0 Å². The Morgan fingerprint density at radius 1 is 0.303 bits per heavy atom. The topological polar surface area (TPSA) is 41.4 Å². The van der Waals surface area contributed by atoms with E-state index in [4.69, 9.17) is 9.39 Å². The van der Waals surface area contributed by atoms with E-state index in [9.17, 15) is 0 Å². The molecule has 0 unspecified atom stereocenters. The van der Waals surface area contributed by atoms with Crippen LogP contribution in [0.15, 0.2) is 231 Å². The minimum atomic E-state index is -0.311. The summed E-state index contributed by atoms with van der Waals surface area (Å²) < 4.78 is 21.1. The number of benzene rings is 10. The highest BCUT2D eigenvalue weighted by molar-refractivity contribution is 6.86. The van der Waals surface area contributed by atoms with Crippen molar-refractivity contribution in [3.05, 3.63) is 231 Å². The summed E-state index contributed by atoms with van der Waals surface area (Å²) in [7, 11) is -0.311. The molecule has 0 atom stereocenters. The summed E-state index contributed by atoms with van der Waals surface area (Å²) in [5.41, 5.74) is 25.3. The smallest absolute Gasteiger partial charge is 0.524 e. The summed E-state index contributed by atoms with van der Waals surface area (Å²) in [5.74, 6) is 2.60. The van der Waals surface area contributed by atoms with E-state index >= 15 is 0 Å². The molecule has 0 N–H and O–H groups in total. The summed E-state index contributed by atoms with van der Waals surface area (Å²) in [4.78, 5) is 7.41. The van der Waals surface area contributed by atoms with E-state index in [0.717, 1.165) is 107 Å². The van der Waals surface area contributed by atoms with Crippen molar-refractivity contribution in [2.45, 2.75) is 0 Å². The van der Waals surface area contributed by atoms with E-state index in [0.29, 0.717) is 0 Å². The second-order valence-electron chi connectivity index (χ2n) is 20.8. The van der Waals surface area contributed by atoms with Gasteiger partial charge < -0.3 is 23.8 Å². The van der Waals surface area contributed by atoms with Crippen LogP contribution in [0.25, 0.3) is 94.2 Å². The van der Waals surface area contributed by atoms with Crippen LogP contribution < -0.4 is 34.7 Å². The van der Waals surface area contributed by atoms with Crippen LogP contribution in [0.3, 0.4) is 0 Å². The summed E-state index contributed by atoms with van der Waals surface area (Å²) in [6, 6.07) is 84.7. The van der Waals surface area contributed by atoms with E-state index in [-0.39, 0.29) is 14.0 Å². The number of aromatic nitrogens is 3. The molecule has 0 amide bonds. The Balaban J connectivity index is 0.854. The Kier molecular flexibility index (Phi) is 7.25. The molecule has 4 aromatic heterocycles. The Labute approximate surface area is 435 Å². The van der Waals surface area contributed by atoms with Crippen molar-refractivity contribution in [2.24, 2.45) is 0 Å². The van der Waals surface area contributed by atoms with E-state index in [1.54, 1.807) is 0 Å². The maximum atomic E-state index is 7.22. The molecule has 0 saturated carbocycles. The zero-order valence-electron chi connectivity index (χ0n) is 40.6. The first-order chi connectivity index (χ1) is 37.7. The molecule has 10 heteroatoms. The first-order valence-corrected chi connectivity index (χ1v) is 26.1. The molecule has 0 saturated heterocycles. The maximum Gasteiger partial charge on any atom is 0.524 e. The van der Waals surface area contributed by atoms with E-state index in [2.05, 4.69) is 258 Å². The number of fused-ring (bicyclic) bond motifs is 30. The van der Waals surface area contributed by atoms with Crippen LogP contribution in [0.5, 0.6) is 17.2 Å². The lowest BCUT2D eigenvalue weighted by Gasteiger charge is -2.37. The molecule has 14 aromatic rings. The Morgan fingerprint density at radius 3 is 1.66 bits per heavy atom. The van der Waals surface area contributed by atoms with Crippen LogP contribution >= 0.6 is 0 Å². The molecule has 5 aliphatic rings. The fourth-order valence-electron chi connectivity index (χ4n) is 14.0. The van der Waals surface area contributed by atoms with Crippen LogP contribution in [0.4, 0.5) is 34.1 Å². The Hall–Kier alpha value is -10.1. The van der Waals surface area contributed by atoms with Gasteiger partial charge in [-0.05, 0) is 141 Å².